The summed E-state index contributed by atoms with van der Waals surface area (Å²) in [5, 5.41) is 8.32. The van der Waals surface area contributed by atoms with Crippen LogP contribution in [0.4, 0.5) is 0 Å². The maximum absolute atomic E-state index is 8.32. The van der Waals surface area contributed by atoms with Gasteiger partial charge in [0.15, 0.2) is 0 Å². The zero-order valence-corrected chi connectivity index (χ0v) is 7.46. The van der Waals surface area contributed by atoms with Crippen molar-refractivity contribution in [1.82, 2.24) is 0 Å². The monoisotopic (exact) mass is 200 g/mol. The first-order valence-corrected chi connectivity index (χ1v) is 3.89. The van der Waals surface area contributed by atoms with Crippen molar-refractivity contribution in [3.8, 4) is 0 Å². The van der Waals surface area contributed by atoms with Gasteiger partial charge >= 0.3 is 0 Å². The molecule has 0 saturated carbocycles. The van der Waals surface area contributed by atoms with Crippen LogP contribution in [0, 0.1) is 0 Å². The van der Waals surface area contributed by atoms with Crippen LogP contribution in [0.2, 0.25) is 0 Å². The number of halogens is 1. The standard InChI is InChI=1S/C6H13ClO5/c7-12-11-6-5-10-4-3-9-2-1-8/h8H,1-6H2. The number of rotatable bonds is 9. The van der Waals surface area contributed by atoms with E-state index in [1.54, 1.807) is 0 Å². The smallest absolute Gasteiger partial charge is 0.107 e. The molecule has 0 bridgehead atoms. The van der Waals surface area contributed by atoms with Crippen LogP contribution < -0.4 is 0 Å². The predicted molar refractivity (Wildman–Crippen MR) is 41.6 cm³/mol. The quantitative estimate of drug-likeness (QED) is 0.325. The number of aliphatic hydroxyl groups is 1. The molecular formula is C6H13ClO5. The van der Waals surface area contributed by atoms with E-state index in [4.69, 9.17) is 26.4 Å². The van der Waals surface area contributed by atoms with E-state index < -0.39 is 0 Å². The highest BCUT2D eigenvalue weighted by Crippen LogP contribution is 1.83. The minimum atomic E-state index is 0.0310. The summed E-state index contributed by atoms with van der Waals surface area (Å²) in [4.78, 5) is 4.32. The number of ether oxygens (including phenoxy) is 2. The summed E-state index contributed by atoms with van der Waals surface area (Å²) in [6.07, 6.45) is 0. The van der Waals surface area contributed by atoms with Crippen LogP contribution in [-0.2, 0) is 18.8 Å². The molecule has 0 aromatic heterocycles. The third-order valence-electron chi connectivity index (χ3n) is 0.963. The zero-order valence-electron chi connectivity index (χ0n) is 6.70. The maximum atomic E-state index is 8.32. The molecule has 74 valence electrons. The van der Waals surface area contributed by atoms with Crippen LogP contribution in [0.25, 0.3) is 0 Å². The average molecular weight is 201 g/mol. The van der Waals surface area contributed by atoms with Gasteiger partial charge in [-0.3, -0.25) is 0 Å². The van der Waals surface area contributed by atoms with Crippen molar-refractivity contribution in [2.75, 3.05) is 39.6 Å². The molecule has 0 heterocycles. The molecule has 12 heavy (non-hydrogen) atoms. The van der Waals surface area contributed by atoms with E-state index in [2.05, 4.69) is 9.33 Å². The van der Waals surface area contributed by atoms with Gasteiger partial charge in [0.1, 0.15) is 6.61 Å². The van der Waals surface area contributed by atoms with Crippen LogP contribution in [-0.4, -0.2) is 44.7 Å². The highest BCUT2D eigenvalue weighted by atomic mass is 35.5. The minimum Gasteiger partial charge on any atom is -0.394 e. The number of aliphatic hydroxyl groups excluding tert-OH is 1. The molecule has 0 aliphatic carbocycles. The highest BCUT2D eigenvalue weighted by Gasteiger charge is 1.89. The molecule has 0 aliphatic heterocycles. The van der Waals surface area contributed by atoms with Crippen molar-refractivity contribution in [3.05, 3.63) is 0 Å². The fourth-order valence-corrected chi connectivity index (χ4v) is 0.574. The molecule has 5 nitrogen and oxygen atoms in total. The number of hydrogen-bond acceptors (Lipinski definition) is 5. The van der Waals surface area contributed by atoms with Crippen LogP contribution in [0.5, 0.6) is 0 Å². The molecule has 0 aromatic rings. The van der Waals surface area contributed by atoms with Crippen LogP contribution >= 0.6 is 11.9 Å². The van der Waals surface area contributed by atoms with Gasteiger partial charge in [0, 0.05) is 0 Å². The average Bonchev–Trinajstić information content (AvgIpc) is 2.10. The summed E-state index contributed by atoms with van der Waals surface area (Å²) in [7, 11) is 0. The Morgan fingerprint density at radius 2 is 1.50 bits per heavy atom. The van der Waals surface area contributed by atoms with Gasteiger partial charge in [-0.15, -0.1) is 4.44 Å². The Hall–Kier alpha value is 0.0900. The molecule has 0 rings (SSSR count). The molecule has 0 atom stereocenters. The highest BCUT2D eigenvalue weighted by molar-refractivity contribution is 6.06. The largest absolute Gasteiger partial charge is 0.394 e. The molecule has 0 radical (unpaired) electrons. The lowest BCUT2D eigenvalue weighted by Crippen LogP contribution is -2.10. The molecular weight excluding hydrogens is 188 g/mol. The summed E-state index contributed by atoms with van der Waals surface area (Å²) >= 11 is 4.75. The van der Waals surface area contributed by atoms with Gasteiger partial charge in [-0.1, -0.05) is 0 Å². The second-order valence-corrected chi connectivity index (χ2v) is 1.96. The van der Waals surface area contributed by atoms with Crippen LogP contribution in [0.1, 0.15) is 0 Å². The fraction of sp³-hybridized carbons (Fsp3) is 1.00. The topological polar surface area (TPSA) is 57.2 Å². The normalized spacial score (nSPS) is 10.5. The van der Waals surface area contributed by atoms with Gasteiger partial charge in [-0.2, -0.15) is 0 Å². The first kappa shape index (κ1) is 12.1. The summed E-state index contributed by atoms with van der Waals surface area (Å²) in [5.41, 5.74) is 0. The van der Waals surface area contributed by atoms with Crippen molar-refractivity contribution < 1.29 is 23.9 Å². The number of hydrogen-bond donors (Lipinski definition) is 1. The first-order chi connectivity index (χ1) is 5.91. The Balaban J connectivity index is 2.73. The van der Waals surface area contributed by atoms with E-state index in [0.717, 1.165) is 0 Å². The Kier molecular flexibility index (Phi) is 11.2. The second kappa shape index (κ2) is 11.1. The summed E-state index contributed by atoms with van der Waals surface area (Å²) < 4.78 is 13.7. The lowest BCUT2D eigenvalue weighted by Gasteiger charge is -2.03. The fourth-order valence-electron chi connectivity index (χ4n) is 0.511. The maximum Gasteiger partial charge on any atom is 0.107 e. The van der Waals surface area contributed by atoms with Gasteiger partial charge in [-0.25, -0.2) is 4.89 Å². The minimum absolute atomic E-state index is 0.0310. The molecule has 6 heteroatoms. The molecule has 0 amide bonds. The van der Waals surface area contributed by atoms with Crippen molar-refractivity contribution in [2.24, 2.45) is 0 Å². The van der Waals surface area contributed by atoms with E-state index in [1.807, 2.05) is 0 Å². The van der Waals surface area contributed by atoms with E-state index >= 15 is 0 Å². The lowest BCUT2D eigenvalue weighted by molar-refractivity contribution is -0.211. The van der Waals surface area contributed by atoms with Gasteiger partial charge in [-0.05, 0) is 0 Å². The molecule has 1 N–H and O–H groups in total. The van der Waals surface area contributed by atoms with Crippen molar-refractivity contribution in [3.63, 3.8) is 0 Å². The summed E-state index contributed by atoms with van der Waals surface area (Å²) in [5.74, 6) is 0. The zero-order chi connectivity index (χ0) is 9.07. The first-order valence-electron chi connectivity index (χ1n) is 3.58. The predicted octanol–water partition coefficient (Wildman–Crippen LogP) is 0.114. The summed E-state index contributed by atoms with van der Waals surface area (Å²) in [6.45, 7) is 1.97. The van der Waals surface area contributed by atoms with Gasteiger partial charge in [0.2, 0.25) is 0 Å². The van der Waals surface area contributed by atoms with Crippen LogP contribution in [0.15, 0.2) is 0 Å². The molecule has 0 aliphatic rings. The van der Waals surface area contributed by atoms with Crippen molar-refractivity contribution >= 4 is 11.9 Å². The molecule has 0 fully saturated rings. The van der Waals surface area contributed by atoms with E-state index in [-0.39, 0.29) is 13.2 Å². The third-order valence-corrected chi connectivity index (χ3v) is 1.05. The molecule has 0 unspecified atom stereocenters. The third kappa shape index (κ3) is 10.1. The molecule has 0 aromatic carbocycles. The van der Waals surface area contributed by atoms with E-state index in [1.165, 1.54) is 0 Å². The molecule has 0 spiro atoms. The second-order valence-electron chi connectivity index (χ2n) is 1.83. The van der Waals surface area contributed by atoms with E-state index in [0.29, 0.717) is 26.4 Å². The Bertz CT molecular complexity index is 72.3. The van der Waals surface area contributed by atoms with Gasteiger partial charge in [0.05, 0.1) is 44.9 Å². The molecule has 0 saturated heterocycles. The van der Waals surface area contributed by atoms with Gasteiger partial charge in [0.25, 0.3) is 0 Å². The van der Waals surface area contributed by atoms with Crippen LogP contribution in [0.3, 0.4) is 0 Å². The SMILES string of the molecule is OCCOCCOCCOOCl. The summed E-state index contributed by atoms with van der Waals surface area (Å²) in [6, 6.07) is 0. The Morgan fingerprint density at radius 1 is 0.917 bits per heavy atom. The van der Waals surface area contributed by atoms with E-state index in [9.17, 15) is 0 Å². The van der Waals surface area contributed by atoms with Gasteiger partial charge < -0.3 is 14.6 Å². The Morgan fingerprint density at radius 3 is 2.08 bits per heavy atom. The van der Waals surface area contributed by atoms with Crippen molar-refractivity contribution in [1.29, 1.82) is 0 Å². The van der Waals surface area contributed by atoms with Crippen molar-refractivity contribution in [2.45, 2.75) is 0 Å². The lowest BCUT2D eigenvalue weighted by atomic mass is 10.7. The Labute approximate surface area is 76.2 Å².